The molecule has 0 bridgehead atoms. The first-order valence-corrected chi connectivity index (χ1v) is 6.21. The average Bonchev–Trinajstić information content (AvgIpc) is 2.31. The van der Waals surface area contributed by atoms with Gasteiger partial charge in [-0.3, -0.25) is 0 Å². The summed E-state index contributed by atoms with van der Waals surface area (Å²) in [4.78, 5) is 0. The second-order valence-corrected chi connectivity index (χ2v) is 4.70. The molecule has 108 valence electrons. The maximum atomic E-state index is 12.5. The summed E-state index contributed by atoms with van der Waals surface area (Å²) in [6.45, 7) is 4.63. The zero-order valence-electron chi connectivity index (χ0n) is 11.6. The maximum absolute atomic E-state index is 12.5. The number of hydrogen-bond acceptors (Lipinski definition) is 2. The first-order valence-electron chi connectivity index (χ1n) is 6.21. The predicted molar refractivity (Wildman–Crippen MR) is 69.0 cm³/mol. The molecule has 19 heavy (non-hydrogen) atoms. The molecule has 0 aromatic heterocycles. The monoisotopic (exact) mass is 275 g/mol. The number of aryl methyl sites for hydroxylation is 1. The molecule has 0 amide bonds. The minimum absolute atomic E-state index is 0.273. The summed E-state index contributed by atoms with van der Waals surface area (Å²) in [5.74, 6) is 0. The first-order chi connectivity index (χ1) is 8.75. The third-order valence-corrected chi connectivity index (χ3v) is 3.10. The lowest BCUT2D eigenvalue weighted by molar-refractivity contribution is -0.227. The number of rotatable bonds is 5. The summed E-state index contributed by atoms with van der Waals surface area (Å²) in [5.41, 5.74) is 2.02. The van der Waals surface area contributed by atoms with Gasteiger partial charge < -0.3 is 10.1 Å². The van der Waals surface area contributed by atoms with Crippen LogP contribution in [0.5, 0.6) is 0 Å². The Balaban J connectivity index is 2.77. The van der Waals surface area contributed by atoms with Crippen LogP contribution < -0.4 is 5.32 Å². The zero-order chi connectivity index (χ0) is 14.6. The zero-order valence-corrected chi connectivity index (χ0v) is 11.6. The van der Waals surface area contributed by atoms with Gasteiger partial charge in [0.25, 0.3) is 0 Å². The molecule has 3 unspecified atom stereocenters. The average molecular weight is 275 g/mol. The molecule has 0 saturated carbocycles. The molecule has 3 atom stereocenters. The molecule has 0 spiro atoms. The number of nitrogens with one attached hydrogen (secondary N) is 1. The van der Waals surface area contributed by atoms with Gasteiger partial charge in [0.2, 0.25) is 0 Å². The number of ether oxygens (including phenoxy) is 1. The Morgan fingerprint density at radius 1 is 1.11 bits per heavy atom. The molecule has 0 radical (unpaired) electrons. The van der Waals surface area contributed by atoms with Crippen molar-refractivity contribution in [3.63, 3.8) is 0 Å². The van der Waals surface area contributed by atoms with E-state index in [4.69, 9.17) is 4.74 Å². The van der Waals surface area contributed by atoms with E-state index in [1.54, 1.807) is 14.0 Å². The van der Waals surface area contributed by atoms with E-state index >= 15 is 0 Å². The van der Waals surface area contributed by atoms with Crippen LogP contribution in [-0.4, -0.2) is 25.4 Å². The minimum atomic E-state index is -4.33. The Hall–Kier alpha value is -1.07. The fraction of sp³-hybridized carbons (Fsp3) is 0.571. The molecule has 0 fully saturated rings. The van der Waals surface area contributed by atoms with Gasteiger partial charge in [-0.15, -0.1) is 0 Å². The number of halogens is 3. The highest BCUT2D eigenvalue weighted by Gasteiger charge is 2.38. The normalized spacial score (nSPS) is 17.0. The molecule has 1 rings (SSSR count). The number of likely N-dealkylation sites (N-methyl/N-ethyl adjacent to an activating group) is 1. The Labute approximate surface area is 112 Å². The summed E-state index contributed by atoms with van der Waals surface area (Å²) in [7, 11) is 1.71. The lowest BCUT2D eigenvalue weighted by Crippen LogP contribution is -2.37. The standard InChI is InChI=1S/C14H20F3NO/c1-9-5-7-12(8-6-9)13(18-4)10(2)19-11(3)14(15,16)17/h5-8,10-11,13,18H,1-4H3. The lowest BCUT2D eigenvalue weighted by Gasteiger charge is -2.28. The second-order valence-electron chi connectivity index (χ2n) is 4.70. The third kappa shape index (κ3) is 4.51. The molecule has 1 N–H and O–H groups in total. The van der Waals surface area contributed by atoms with Gasteiger partial charge in [0.1, 0.15) is 0 Å². The number of hydrogen-bond donors (Lipinski definition) is 1. The molecule has 0 aliphatic carbocycles. The van der Waals surface area contributed by atoms with E-state index in [0.29, 0.717) is 0 Å². The molecule has 2 nitrogen and oxygen atoms in total. The number of benzene rings is 1. The fourth-order valence-electron chi connectivity index (χ4n) is 1.92. The van der Waals surface area contributed by atoms with E-state index in [1.165, 1.54) is 0 Å². The van der Waals surface area contributed by atoms with E-state index in [0.717, 1.165) is 18.1 Å². The van der Waals surface area contributed by atoms with Gasteiger partial charge in [0, 0.05) is 0 Å². The smallest absolute Gasteiger partial charge is 0.364 e. The van der Waals surface area contributed by atoms with Crippen LogP contribution in [0.25, 0.3) is 0 Å². The topological polar surface area (TPSA) is 21.3 Å². The quantitative estimate of drug-likeness (QED) is 0.886. The third-order valence-electron chi connectivity index (χ3n) is 3.10. The van der Waals surface area contributed by atoms with Crippen LogP contribution in [0, 0.1) is 6.92 Å². The van der Waals surface area contributed by atoms with Crippen molar-refractivity contribution >= 4 is 0 Å². The molecular formula is C14H20F3NO. The van der Waals surface area contributed by atoms with Crippen molar-refractivity contribution in [1.29, 1.82) is 0 Å². The molecule has 1 aromatic rings. The Bertz CT molecular complexity index is 389. The van der Waals surface area contributed by atoms with E-state index in [1.807, 2.05) is 31.2 Å². The fourth-order valence-corrected chi connectivity index (χ4v) is 1.92. The summed E-state index contributed by atoms with van der Waals surface area (Å²) in [6, 6.07) is 7.38. The van der Waals surface area contributed by atoms with Crippen LogP contribution in [0.4, 0.5) is 13.2 Å². The SMILES string of the molecule is CNC(c1ccc(C)cc1)C(C)OC(C)C(F)(F)F. The van der Waals surface area contributed by atoms with Crippen molar-refractivity contribution < 1.29 is 17.9 Å². The van der Waals surface area contributed by atoms with Crippen LogP contribution in [0.15, 0.2) is 24.3 Å². The highest BCUT2D eigenvalue weighted by molar-refractivity contribution is 5.24. The maximum Gasteiger partial charge on any atom is 0.414 e. The van der Waals surface area contributed by atoms with Crippen LogP contribution in [0.2, 0.25) is 0 Å². The molecule has 0 aliphatic rings. The van der Waals surface area contributed by atoms with Crippen molar-refractivity contribution in [2.24, 2.45) is 0 Å². The highest BCUT2D eigenvalue weighted by Crippen LogP contribution is 2.27. The Morgan fingerprint density at radius 3 is 2.05 bits per heavy atom. The molecule has 1 aromatic carbocycles. The van der Waals surface area contributed by atoms with E-state index in [-0.39, 0.29) is 6.04 Å². The number of alkyl halides is 3. The van der Waals surface area contributed by atoms with Crippen molar-refractivity contribution in [2.75, 3.05) is 7.05 Å². The van der Waals surface area contributed by atoms with E-state index in [2.05, 4.69) is 5.32 Å². The van der Waals surface area contributed by atoms with Gasteiger partial charge in [-0.05, 0) is 33.4 Å². The minimum Gasteiger partial charge on any atom is -0.364 e. The summed E-state index contributed by atoms with van der Waals surface area (Å²) < 4.78 is 42.5. The van der Waals surface area contributed by atoms with Gasteiger partial charge >= 0.3 is 6.18 Å². The van der Waals surface area contributed by atoms with Gasteiger partial charge in [-0.25, -0.2) is 0 Å². The Morgan fingerprint density at radius 2 is 1.63 bits per heavy atom. The summed E-state index contributed by atoms with van der Waals surface area (Å²) in [5, 5.41) is 3.00. The first kappa shape index (κ1) is 16.0. The van der Waals surface area contributed by atoms with Crippen LogP contribution in [0.3, 0.4) is 0 Å². The van der Waals surface area contributed by atoms with Crippen LogP contribution in [0.1, 0.15) is 31.0 Å². The molecule has 0 aliphatic heterocycles. The molecular weight excluding hydrogens is 255 g/mol. The largest absolute Gasteiger partial charge is 0.414 e. The van der Waals surface area contributed by atoms with Crippen molar-refractivity contribution in [3.05, 3.63) is 35.4 Å². The molecule has 0 heterocycles. The Kier molecular flexibility index (Phi) is 5.38. The van der Waals surface area contributed by atoms with Gasteiger partial charge in [-0.1, -0.05) is 29.8 Å². The van der Waals surface area contributed by atoms with Gasteiger partial charge in [0.05, 0.1) is 12.1 Å². The van der Waals surface area contributed by atoms with E-state index < -0.39 is 18.4 Å². The van der Waals surface area contributed by atoms with Crippen molar-refractivity contribution in [1.82, 2.24) is 5.32 Å². The van der Waals surface area contributed by atoms with Crippen LogP contribution in [-0.2, 0) is 4.74 Å². The molecule has 5 heteroatoms. The lowest BCUT2D eigenvalue weighted by atomic mass is 10.0. The van der Waals surface area contributed by atoms with Gasteiger partial charge in [-0.2, -0.15) is 13.2 Å². The van der Waals surface area contributed by atoms with E-state index in [9.17, 15) is 13.2 Å². The summed E-state index contributed by atoms with van der Waals surface area (Å²) in [6.07, 6.45) is -6.69. The highest BCUT2D eigenvalue weighted by atomic mass is 19.4. The van der Waals surface area contributed by atoms with Crippen LogP contribution >= 0.6 is 0 Å². The molecule has 0 saturated heterocycles. The van der Waals surface area contributed by atoms with Crippen molar-refractivity contribution in [2.45, 2.75) is 45.2 Å². The summed E-state index contributed by atoms with van der Waals surface area (Å²) >= 11 is 0. The second kappa shape index (κ2) is 6.39. The van der Waals surface area contributed by atoms with Crippen molar-refractivity contribution in [3.8, 4) is 0 Å². The predicted octanol–water partition coefficient (Wildman–Crippen LogP) is 3.61. The van der Waals surface area contributed by atoms with Gasteiger partial charge in [0.15, 0.2) is 6.10 Å².